The highest BCUT2D eigenvalue weighted by Crippen LogP contribution is 2.31. The number of amides is 1. The molecule has 1 saturated heterocycles. The molecule has 1 aliphatic rings. The van der Waals surface area contributed by atoms with Crippen LogP contribution < -0.4 is 4.72 Å². The zero-order valence-corrected chi connectivity index (χ0v) is 19.2. The van der Waals surface area contributed by atoms with Gasteiger partial charge in [0, 0.05) is 26.3 Å². The molecular formula is C21H24N4O4S2. The van der Waals surface area contributed by atoms with Crippen LogP contribution in [0, 0.1) is 13.8 Å². The lowest BCUT2D eigenvalue weighted by atomic mass is 10.2. The van der Waals surface area contributed by atoms with Gasteiger partial charge in [-0.3, -0.25) is 9.52 Å². The molecule has 1 N–H and O–H groups in total. The molecule has 0 aliphatic carbocycles. The number of benzene rings is 1. The van der Waals surface area contributed by atoms with Crippen molar-refractivity contribution in [3.05, 3.63) is 52.7 Å². The van der Waals surface area contributed by atoms with E-state index in [2.05, 4.69) is 9.71 Å². The SMILES string of the molecule is Cc1ccccc1NS(=O)(=O)c1cc(-c2nc(C)c(C(=O)N3CCOCC3)s2)n(C)c1. The van der Waals surface area contributed by atoms with E-state index in [-0.39, 0.29) is 10.8 Å². The summed E-state index contributed by atoms with van der Waals surface area (Å²) in [6, 6.07) is 8.80. The Balaban J connectivity index is 1.62. The van der Waals surface area contributed by atoms with Crippen LogP contribution in [0.1, 0.15) is 20.9 Å². The molecule has 0 bridgehead atoms. The second-order valence-corrected chi connectivity index (χ2v) is 10.1. The lowest BCUT2D eigenvalue weighted by Crippen LogP contribution is -2.40. The fourth-order valence-corrected chi connectivity index (χ4v) is 5.69. The van der Waals surface area contributed by atoms with E-state index in [0.29, 0.717) is 53.3 Å². The van der Waals surface area contributed by atoms with E-state index in [1.807, 2.05) is 19.1 Å². The van der Waals surface area contributed by atoms with Crippen LogP contribution in [0.5, 0.6) is 0 Å². The minimum absolute atomic E-state index is 0.0622. The number of carbonyl (C=O) groups is 1. The average molecular weight is 461 g/mol. The molecular weight excluding hydrogens is 436 g/mol. The lowest BCUT2D eigenvalue weighted by molar-refractivity contribution is 0.0305. The Bertz CT molecular complexity index is 1220. The van der Waals surface area contributed by atoms with Gasteiger partial charge in [-0.2, -0.15) is 0 Å². The third kappa shape index (κ3) is 4.36. The summed E-state index contributed by atoms with van der Waals surface area (Å²) in [5, 5.41) is 0.606. The number of ether oxygens (including phenoxy) is 1. The maximum Gasteiger partial charge on any atom is 0.266 e. The summed E-state index contributed by atoms with van der Waals surface area (Å²) in [4.78, 5) is 19.9. The molecule has 164 valence electrons. The van der Waals surface area contributed by atoms with Crippen molar-refractivity contribution >= 4 is 33.0 Å². The fraction of sp³-hybridized carbons (Fsp3) is 0.333. The predicted molar refractivity (Wildman–Crippen MR) is 120 cm³/mol. The molecule has 10 heteroatoms. The highest BCUT2D eigenvalue weighted by atomic mass is 32.2. The molecule has 8 nitrogen and oxygen atoms in total. The van der Waals surface area contributed by atoms with E-state index < -0.39 is 10.0 Å². The van der Waals surface area contributed by atoms with Gasteiger partial charge in [-0.25, -0.2) is 13.4 Å². The van der Waals surface area contributed by atoms with Gasteiger partial charge in [-0.1, -0.05) is 18.2 Å². The number of thiazole rings is 1. The van der Waals surface area contributed by atoms with E-state index in [1.165, 1.54) is 11.3 Å². The number of carbonyl (C=O) groups excluding carboxylic acids is 1. The number of hydrogen-bond acceptors (Lipinski definition) is 6. The number of sulfonamides is 1. The largest absolute Gasteiger partial charge is 0.378 e. The number of para-hydroxylation sites is 1. The van der Waals surface area contributed by atoms with Gasteiger partial charge in [0.25, 0.3) is 15.9 Å². The van der Waals surface area contributed by atoms with Crippen molar-refractivity contribution in [3.63, 3.8) is 0 Å². The predicted octanol–water partition coefficient (Wildman–Crippen LogP) is 3.04. The van der Waals surface area contributed by atoms with Crippen molar-refractivity contribution in [2.24, 2.45) is 7.05 Å². The van der Waals surface area contributed by atoms with Crippen molar-refractivity contribution in [2.45, 2.75) is 18.7 Å². The summed E-state index contributed by atoms with van der Waals surface area (Å²) < 4.78 is 35.5. The first-order valence-electron chi connectivity index (χ1n) is 9.86. The smallest absolute Gasteiger partial charge is 0.266 e. The van der Waals surface area contributed by atoms with E-state index in [4.69, 9.17) is 4.74 Å². The van der Waals surface area contributed by atoms with Crippen LogP contribution in [0.15, 0.2) is 41.4 Å². The van der Waals surface area contributed by atoms with Gasteiger partial charge in [-0.15, -0.1) is 11.3 Å². The molecule has 1 aromatic carbocycles. The summed E-state index contributed by atoms with van der Waals surface area (Å²) in [5.41, 5.74) is 2.65. The number of nitrogens with zero attached hydrogens (tertiary/aromatic N) is 3. The zero-order chi connectivity index (χ0) is 22.2. The third-order valence-corrected chi connectivity index (χ3v) is 7.69. The minimum atomic E-state index is -3.77. The van der Waals surface area contributed by atoms with E-state index in [9.17, 15) is 13.2 Å². The van der Waals surface area contributed by atoms with Crippen molar-refractivity contribution < 1.29 is 17.9 Å². The Morgan fingerprint density at radius 2 is 1.90 bits per heavy atom. The molecule has 0 atom stereocenters. The van der Waals surface area contributed by atoms with Gasteiger partial charge in [0.2, 0.25) is 0 Å². The van der Waals surface area contributed by atoms with Crippen molar-refractivity contribution in [1.29, 1.82) is 0 Å². The molecule has 3 aromatic rings. The van der Waals surface area contributed by atoms with Gasteiger partial charge in [0.1, 0.15) is 14.8 Å². The Kier molecular flexibility index (Phi) is 5.87. The molecule has 0 saturated carbocycles. The first-order chi connectivity index (χ1) is 14.8. The molecule has 31 heavy (non-hydrogen) atoms. The normalized spacial score (nSPS) is 14.6. The van der Waals surface area contributed by atoms with Crippen LogP contribution in [0.4, 0.5) is 5.69 Å². The van der Waals surface area contributed by atoms with Gasteiger partial charge >= 0.3 is 0 Å². The van der Waals surface area contributed by atoms with Crippen LogP contribution in [-0.4, -0.2) is 55.1 Å². The summed E-state index contributed by atoms with van der Waals surface area (Å²) in [5.74, 6) is -0.0622. The quantitative estimate of drug-likeness (QED) is 0.632. The zero-order valence-electron chi connectivity index (χ0n) is 17.6. The summed E-state index contributed by atoms with van der Waals surface area (Å²) >= 11 is 1.28. The monoisotopic (exact) mass is 460 g/mol. The first-order valence-corrected chi connectivity index (χ1v) is 12.2. The van der Waals surface area contributed by atoms with Crippen LogP contribution in [0.3, 0.4) is 0 Å². The lowest BCUT2D eigenvalue weighted by Gasteiger charge is -2.26. The molecule has 1 aliphatic heterocycles. The van der Waals surface area contributed by atoms with Crippen LogP contribution in [0.2, 0.25) is 0 Å². The Labute approximate surface area is 185 Å². The molecule has 4 rings (SSSR count). The maximum absolute atomic E-state index is 12.9. The number of aromatic nitrogens is 2. The van der Waals surface area contributed by atoms with Gasteiger partial charge < -0.3 is 14.2 Å². The van der Waals surface area contributed by atoms with Crippen molar-refractivity contribution in [3.8, 4) is 10.7 Å². The van der Waals surface area contributed by atoms with Gasteiger partial charge in [-0.05, 0) is 31.5 Å². The topological polar surface area (TPSA) is 93.5 Å². The number of rotatable bonds is 5. The van der Waals surface area contributed by atoms with Crippen molar-refractivity contribution in [1.82, 2.24) is 14.5 Å². The van der Waals surface area contributed by atoms with E-state index >= 15 is 0 Å². The van der Waals surface area contributed by atoms with Crippen LogP contribution >= 0.6 is 11.3 Å². The number of aryl methyl sites for hydroxylation is 3. The Morgan fingerprint density at radius 1 is 1.19 bits per heavy atom. The standard InChI is InChI=1S/C21H24N4O4S2/c1-14-6-4-5-7-17(14)23-31(27,28)16-12-18(24(3)13-16)20-22-15(2)19(30-20)21(26)25-8-10-29-11-9-25/h4-7,12-13,23H,8-11H2,1-3H3. The summed E-state index contributed by atoms with van der Waals surface area (Å²) in [6.45, 7) is 5.83. The van der Waals surface area contributed by atoms with Gasteiger partial charge in [0.05, 0.1) is 30.3 Å². The van der Waals surface area contributed by atoms with Crippen LogP contribution in [0.25, 0.3) is 10.7 Å². The fourth-order valence-electron chi connectivity index (χ4n) is 3.40. The second-order valence-electron chi connectivity index (χ2n) is 7.43. The molecule has 2 aromatic heterocycles. The first kappa shape index (κ1) is 21.5. The minimum Gasteiger partial charge on any atom is -0.378 e. The molecule has 0 unspecified atom stereocenters. The second kappa shape index (κ2) is 8.45. The van der Waals surface area contributed by atoms with Gasteiger partial charge in [0.15, 0.2) is 0 Å². The average Bonchev–Trinajstić information content (AvgIpc) is 3.33. The van der Waals surface area contributed by atoms with E-state index in [0.717, 1.165) is 5.56 Å². The number of hydrogen-bond donors (Lipinski definition) is 1. The van der Waals surface area contributed by atoms with Crippen LogP contribution in [-0.2, 0) is 21.8 Å². The molecule has 1 amide bonds. The Morgan fingerprint density at radius 3 is 2.61 bits per heavy atom. The molecule has 3 heterocycles. The van der Waals surface area contributed by atoms with Crippen molar-refractivity contribution in [2.75, 3.05) is 31.0 Å². The Hall–Kier alpha value is -2.69. The molecule has 1 fully saturated rings. The highest BCUT2D eigenvalue weighted by molar-refractivity contribution is 7.92. The third-order valence-electron chi connectivity index (χ3n) is 5.19. The maximum atomic E-state index is 12.9. The summed E-state index contributed by atoms with van der Waals surface area (Å²) in [6.07, 6.45) is 1.55. The molecule has 0 spiro atoms. The number of nitrogens with one attached hydrogen (secondary N) is 1. The number of morpholine rings is 1. The summed E-state index contributed by atoms with van der Waals surface area (Å²) in [7, 11) is -2.00. The highest BCUT2D eigenvalue weighted by Gasteiger charge is 2.25. The molecule has 0 radical (unpaired) electrons. The van der Waals surface area contributed by atoms with E-state index in [1.54, 1.807) is 47.8 Å². The number of anilines is 1.